The molecule has 3 nitrogen and oxygen atoms in total. The van der Waals surface area contributed by atoms with E-state index in [1.165, 1.54) is 11.1 Å². The minimum Gasteiger partial charge on any atom is -0.491 e. The fourth-order valence-electron chi connectivity index (χ4n) is 2.21. The standard InChI is InChI=1S/C18H23NO2/c1-3-15-7-4-5-8-16(15)14-19-17-9-6-10-18(13-17)21-12-11-20-2/h4-10,13,19H,3,11-12,14H2,1-2H3. The monoisotopic (exact) mass is 285 g/mol. The van der Waals surface area contributed by atoms with E-state index in [0.717, 1.165) is 24.4 Å². The largest absolute Gasteiger partial charge is 0.491 e. The molecule has 1 N–H and O–H groups in total. The van der Waals surface area contributed by atoms with Crippen LogP contribution in [0.15, 0.2) is 48.5 Å². The lowest BCUT2D eigenvalue weighted by molar-refractivity contribution is 0.146. The number of anilines is 1. The summed E-state index contributed by atoms with van der Waals surface area (Å²) in [6, 6.07) is 16.6. The zero-order valence-corrected chi connectivity index (χ0v) is 12.8. The van der Waals surface area contributed by atoms with E-state index in [2.05, 4.69) is 42.6 Å². The second kappa shape index (κ2) is 8.32. The van der Waals surface area contributed by atoms with Crippen LogP contribution in [0.1, 0.15) is 18.1 Å². The number of hydrogen-bond acceptors (Lipinski definition) is 3. The van der Waals surface area contributed by atoms with E-state index in [0.29, 0.717) is 13.2 Å². The predicted octanol–water partition coefficient (Wildman–Crippen LogP) is 3.89. The maximum Gasteiger partial charge on any atom is 0.121 e. The molecule has 0 aliphatic rings. The molecule has 0 bridgehead atoms. The van der Waals surface area contributed by atoms with Gasteiger partial charge in [-0.1, -0.05) is 37.3 Å². The zero-order valence-electron chi connectivity index (χ0n) is 12.8. The number of aryl methyl sites for hydroxylation is 1. The van der Waals surface area contributed by atoms with E-state index in [9.17, 15) is 0 Å². The molecule has 2 aromatic carbocycles. The van der Waals surface area contributed by atoms with Gasteiger partial charge in [-0.25, -0.2) is 0 Å². The van der Waals surface area contributed by atoms with Crippen molar-refractivity contribution in [2.45, 2.75) is 19.9 Å². The molecule has 3 heteroatoms. The average Bonchev–Trinajstić information content (AvgIpc) is 2.54. The molecule has 0 saturated heterocycles. The SMILES string of the molecule is CCc1ccccc1CNc1cccc(OCCOC)c1. The number of hydrogen-bond donors (Lipinski definition) is 1. The highest BCUT2D eigenvalue weighted by molar-refractivity contribution is 5.49. The van der Waals surface area contributed by atoms with Gasteiger partial charge < -0.3 is 14.8 Å². The summed E-state index contributed by atoms with van der Waals surface area (Å²) >= 11 is 0. The number of benzene rings is 2. The quantitative estimate of drug-likeness (QED) is 0.746. The van der Waals surface area contributed by atoms with E-state index < -0.39 is 0 Å². The van der Waals surface area contributed by atoms with Crippen molar-refractivity contribution in [1.29, 1.82) is 0 Å². The van der Waals surface area contributed by atoms with Crippen molar-refractivity contribution < 1.29 is 9.47 Å². The summed E-state index contributed by atoms with van der Waals surface area (Å²) in [6.07, 6.45) is 1.05. The number of rotatable bonds is 8. The summed E-state index contributed by atoms with van der Waals surface area (Å²) in [4.78, 5) is 0. The lowest BCUT2D eigenvalue weighted by atomic mass is 10.1. The molecule has 0 aromatic heterocycles. The van der Waals surface area contributed by atoms with Crippen molar-refractivity contribution in [3.8, 4) is 5.75 Å². The number of methoxy groups -OCH3 is 1. The van der Waals surface area contributed by atoms with Crippen LogP contribution in [0.25, 0.3) is 0 Å². The van der Waals surface area contributed by atoms with Crippen LogP contribution in [0, 0.1) is 0 Å². The Morgan fingerprint density at radius 1 is 0.952 bits per heavy atom. The van der Waals surface area contributed by atoms with E-state index in [1.54, 1.807) is 7.11 Å². The minimum absolute atomic E-state index is 0.568. The zero-order chi connectivity index (χ0) is 14.9. The second-order valence-corrected chi connectivity index (χ2v) is 4.84. The topological polar surface area (TPSA) is 30.5 Å². The molecule has 0 radical (unpaired) electrons. The third-order valence-electron chi connectivity index (χ3n) is 3.37. The molecule has 0 heterocycles. The molecule has 0 saturated carbocycles. The smallest absolute Gasteiger partial charge is 0.121 e. The first-order valence-electron chi connectivity index (χ1n) is 7.36. The Morgan fingerprint density at radius 3 is 2.52 bits per heavy atom. The minimum atomic E-state index is 0.568. The lowest BCUT2D eigenvalue weighted by Gasteiger charge is -2.12. The lowest BCUT2D eigenvalue weighted by Crippen LogP contribution is -2.05. The normalized spacial score (nSPS) is 10.4. The second-order valence-electron chi connectivity index (χ2n) is 4.84. The van der Waals surface area contributed by atoms with Gasteiger partial charge in [-0.15, -0.1) is 0 Å². The summed E-state index contributed by atoms with van der Waals surface area (Å²) in [6.45, 7) is 4.18. The first-order chi connectivity index (χ1) is 10.3. The van der Waals surface area contributed by atoms with Crippen LogP contribution in [-0.4, -0.2) is 20.3 Å². The van der Waals surface area contributed by atoms with Crippen molar-refractivity contribution in [1.82, 2.24) is 0 Å². The third kappa shape index (κ3) is 4.80. The highest BCUT2D eigenvalue weighted by atomic mass is 16.5. The molecule has 0 atom stereocenters. The first-order valence-corrected chi connectivity index (χ1v) is 7.36. The van der Waals surface area contributed by atoms with Crippen molar-refractivity contribution in [3.05, 3.63) is 59.7 Å². The molecule has 21 heavy (non-hydrogen) atoms. The maximum atomic E-state index is 5.62. The van der Waals surface area contributed by atoms with Crippen LogP contribution in [0.3, 0.4) is 0 Å². The molecule has 0 fully saturated rings. The number of nitrogens with one attached hydrogen (secondary N) is 1. The highest BCUT2D eigenvalue weighted by Crippen LogP contribution is 2.19. The molecule has 0 aliphatic heterocycles. The summed E-state index contributed by atoms with van der Waals surface area (Å²) in [5, 5.41) is 3.46. The van der Waals surface area contributed by atoms with Crippen LogP contribution in [0.4, 0.5) is 5.69 Å². The predicted molar refractivity (Wildman–Crippen MR) is 87.0 cm³/mol. The van der Waals surface area contributed by atoms with E-state index >= 15 is 0 Å². The Bertz CT molecular complexity index is 554. The van der Waals surface area contributed by atoms with Crippen LogP contribution in [0.5, 0.6) is 5.75 Å². The molecule has 0 amide bonds. The van der Waals surface area contributed by atoms with Crippen molar-refractivity contribution in [2.75, 3.05) is 25.6 Å². The van der Waals surface area contributed by atoms with Crippen molar-refractivity contribution >= 4 is 5.69 Å². The van der Waals surface area contributed by atoms with Crippen LogP contribution in [-0.2, 0) is 17.7 Å². The van der Waals surface area contributed by atoms with Gasteiger partial charge in [-0.3, -0.25) is 0 Å². The third-order valence-corrected chi connectivity index (χ3v) is 3.37. The van der Waals surface area contributed by atoms with Crippen LogP contribution < -0.4 is 10.1 Å². The molecular formula is C18H23NO2. The molecule has 0 unspecified atom stereocenters. The fourth-order valence-corrected chi connectivity index (χ4v) is 2.21. The molecule has 2 aromatic rings. The van der Waals surface area contributed by atoms with Crippen LogP contribution >= 0.6 is 0 Å². The van der Waals surface area contributed by atoms with E-state index in [4.69, 9.17) is 9.47 Å². The molecule has 2 rings (SSSR count). The Hall–Kier alpha value is -2.00. The first kappa shape index (κ1) is 15.4. The van der Waals surface area contributed by atoms with Gasteiger partial charge in [0.25, 0.3) is 0 Å². The molecular weight excluding hydrogens is 262 g/mol. The van der Waals surface area contributed by atoms with Gasteiger partial charge in [0.2, 0.25) is 0 Å². The van der Waals surface area contributed by atoms with Gasteiger partial charge in [0, 0.05) is 25.4 Å². The summed E-state index contributed by atoms with van der Waals surface area (Å²) < 4.78 is 10.6. The van der Waals surface area contributed by atoms with Gasteiger partial charge in [0.1, 0.15) is 12.4 Å². The van der Waals surface area contributed by atoms with Gasteiger partial charge in [-0.05, 0) is 29.7 Å². The Labute approximate surface area is 126 Å². The van der Waals surface area contributed by atoms with Gasteiger partial charge in [0.15, 0.2) is 0 Å². The summed E-state index contributed by atoms with van der Waals surface area (Å²) in [5.74, 6) is 0.862. The van der Waals surface area contributed by atoms with Crippen molar-refractivity contribution in [3.63, 3.8) is 0 Å². The van der Waals surface area contributed by atoms with Crippen molar-refractivity contribution in [2.24, 2.45) is 0 Å². The van der Waals surface area contributed by atoms with Crippen LogP contribution in [0.2, 0.25) is 0 Å². The fraction of sp³-hybridized carbons (Fsp3) is 0.333. The highest BCUT2D eigenvalue weighted by Gasteiger charge is 2.01. The van der Waals surface area contributed by atoms with Gasteiger partial charge in [0.05, 0.1) is 6.61 Å². The maximum absolute atomic E-state index is 5.62. The molecule has 0 aliphatic carbocycles. The Kier molecular flexibility index (Phi) is 6.10. The Balaban J connectivity index is 1.95. The van der Waals surface area contributed by atoms with E-state index in [1.807, 2.05) is 18.2 Å². The summed E-state index contributed by atoms with van der Waals surface area (Å²) in [5.41, 5.74) is 3.79. The van der Waals surface area contributed by atoms with E-state index in [-0.39, 0.29) is 0 Å². The summed E-state index contributed by atoms with van der Waals surface area (Å²) in [7, 11) is 1.67. The molecule has 0 spiro atoms. The average molecular weight is 285 g/mol. The Morgan fingerprint density at radius 2 is 1.76 bits per heavy atom. The van der Waals surface area contributed by atoms with Gasteiger partial charge in [-0.2, -0.15) is 0 Å². The number of ether oxygens (including phenoxy) is 2. The van der Waals surface area contributed by atoms with Gasteiger partial charge >= 0.3 is 0 Å². The molecule has 112 valence electrons.